The summed E-state index contributed by atoms with van der Waals surface area (Å²) in [6, 6.07) is 11.3. The third-order valence-corrected chi connectivity index (χ3v) is 3.11. The van der Waals surface area contributed by atoms with Crippen molar-refractivity contribution in [3.8, 4) is 5.75 Å². The smallest absolute Gasteiger partial charge is 0.163 e. The quantitative estimate of drug-likeness (QED) is 0.901. The molecule has 1 unspecified atom stereocenters. The molecule has 2 nitrogen and oxygen atoms in total. The van der Waals surface area contributed by atoms with Crippen molar-refractivity contribution in [2.24, 2.45) is 0 Å². The van der Waals surface area contributed by atoms with E-state index in [9.17, 15) is 8.78 Å². The van der Waals surface area contributed by atoms with E-state index in [1.165, 1.54) is 6.07 Å². The first-order chi connectivity index (χ1) is 9.61. The van der Waals surface area contributed by atoms with E-state index in [4.69, 9.17) is 4.74 Å². The average molecular weight is 277 g/mol. The second-order valence-corrected chi connectivity index (χ2v) is 4.61. The standard InChI is InChI=1S/C16H17F2NO/c1-11-5-3-6-12(9-11)20-10-15(19-2)13-7-4-8-14(17)16(13)18/h3-9,15,19H,10H2,1-2H3. The van der Waals surface area contributed by atoms with Crippen LogP contribution in [0, 0.1) is 18.6 Å². The van der Waals surface area contributed by atoms with Crippen LogP contribution < -0.4 is 10.1 Å². The van der Waals surface area contributed by atoms with E-state index in [0.29, 0.717) is 5.75 Å². The molecule has 0 aliphatic rings. The predicted octanol–water partition coefficient (Wildman–Crippen LogP) is 3.61. The lowest BCUT2D eigenvalue weighted by Gasteiger charge is -2.18. The third-order valence-electron chi connectivity index (χ3n) is 3.11. The number of halogens is 2. The van der Waals surface area contributed by atoms with Crippen LogP contribution in [-0.2, 0) is 0 Å². The van der Waals surface area contributed by atoms with Crippen molar-refractivity contribution in [1.29, 1.82) is 0 Å². The van der Waals surface area contributed by atoms with E-state index in [-0.39, 0.29) is 12.2 Å². The molecule has 0 spiro atoms. The van der Waals surface area contributed by atoms with E-state index in [2.05, 4.69) is 5.32 Å². The summed E-state index contributed by atoms with van der Waals surface area (Å²) < 4.78 is 32.6. The van der Waals surface area contributed by atoms with Gasteiger partial charge in [0.1, 0.15) is 12.4 Å². The zero-order chi connectivity index (χ0) is 14.5. The Morgan fingerprint density at radius 3 is 2.60 bits per heavy atom. The summed E-state index contributed by atoms with van der Waals surface area (Å²) in [6.07, 6.45) is 0. The van der Waals surface area contributed by atoms with Crippen molar-refractivity contribution in [2.75, 3.05) is 13.7 Å². The van der Waals surface area contributed by atoms with Crippen molar-refractivity contribution in [3.05, 3.63) is 65.2 Å². The SMILES string of the molecule is CNC(COc1cccc(C)c1)c1cccc(F)c1F. The molecule has 0 saturated carbocycles. The van der Waals surface area contributed by atoms with Gasteiger partial charge in [0, 0.05) is 5.56 Å². The van der Waals surface area contributed by atoms with E-state index >= 15 is 0 Å². The highest BCUT2D eigenvalue weighted by molar-refractivity contribution is 5.28. The first-order valence-corrected chi connectivity index (χ1v) is 6.42. The highest BCUT2D eigenvalue weighted by Gasteiger charge is 2.17. The van der Waals surface area contributed by atoms with Crippen LogP contribution in [0.25, 0.3) is 0 Å². The van der Waals surface area contributed by atoms with Crippen LogP contribution in [0.3, 0.4) is 0 Å². The van der Waals surface area contributed by atoms with Gasteiger partial charge >= 0.3 is 0 Å². The molecule has 0 aromatic heterocycles. The van der Waals surface area contributed by atoms with Gasteiger partial charge in [-0.25, -0.2) is 8.78 Å². The van der Waals surface area contributed by atoms with Crippen molar-refractivity contribution in [3.63, 3.8) is 0 Å². The molecule has 0 radical (unpaired) electrons. The number of rotatable bonds is 5. The Labute approximate surface area is 117 Å². The second-order valence-electron chi connectivity index (χ2n) is 4.61. The summed E-state index contributed by atoms with van der Waals surface area (Å²) in [4.78, 5) is 0. The summed E-state index contributed by atoms with van der Waals surface area (Å²) in [7, 11) is 1.69. The van der Waals surface area contributed by atoms with Gasteiger partial charge in [-0.2, -0.15) is 0 Å². The lowest BCUT2D eigenvalue weighted by molar-refractivity contribution is 0.268. The zero-order valence-electron chi connectivity index (χ0n) is 11.5. The predicted molar refractivity (Wildman–Crippen MR) is 74.8 cm³/mol. The van der Waals surface area contributed by atoms with Gasteiger partial charge in [0.15, 0.2) is 11.6 Å². The molecule has 0 heterocycles. The summed E-state index contributed by atoms with van der Waals surface area (Å²) >= 11 is 0. The Balaban J connectivity index is 2.11. The summed E-state index contributed by atoms with van der Waals surface area (Å²) in [5, 5.41) is 2.94. The molecule has 0 fully saturated rings. The molecule has 0 bridgehead atoms. The summed E-state index contributed by atoms with van der Waals surface area (Å²) in [5.41, 5.74) is 1.35. The molecule has 2 rings (SSSR count). The number of aryl methyl sites for hydroxylation is 1. The van der Waals surface area contributed by atoms with Crippen LogP contribution in [0.2, 0.25) is 0 Å². The van der Waals surface area contributed by atoms with Crippen LogP contribution in [0.4, 0.5) is 8.78 Å². The number of nitrogens with one attached hydrogen (secondary N) is 1. The maximum atomic E-state index is 13.8. The van der Waals surface area contributed by atoms with E-state index in [1.54, 1.807) is 13.1 Å². The molecule has 20 heavy (non-hydrogen) atoms. The van der Waals surface area contributed by atoms with Gasteiger partial charge in [-0.15, -0.1) is 0 Å². The number of hydrogen-bond donors (Lipinski definition) is 1. The molecule has 0 amide bonds. The first kappa shape index (κ1) is 14.5. The van der Waals surface area contributed by atoms with E-state index in [0.717, 1.165) is 11.6 Å². The maximum Gasteiger partial charge on any atom is 0.163 e. The fourth-order valence-corrected chi connectivity index (χ4v) is 2.00. The number of ether oxygens (including phenoxy) is 1. The summed E-state index contributed by atoms with van der Waals surface area (Å²) in [6.45, 7) is 2.19. The highest BCUT2D eigenvalue weighted by Crippen LogP contribution is 2.21. The van der Waals surface area contributed by atoms with Gasteiger partial charge < -0.3 is 10.1 Å². The minimum Gasteiger partial charge on any atom is -0.492 e. The molecule has 0 saturated heterocycles. The number of hydrogen-bond acceptors (Lipinski definition) is 2. The Hall–Kier alpha value is -1.94. The fraction of sp³-hybridized carbons (Fsp3) is 0.250. The molecule has 4 heteroatoms. The molecule has 1 atom stereocenters. The Bertz CT molecular complexity index is 586. The Morgan fingerprint density at radius 2 is 1.90 bits per heavy atom. The fourth-order valence-electron chi connectivity index (χ4n) is 2.00. The lowest BCUT2D eigenvalue weighted by atomic mass is 10.1. The van der Waals surface area contributed by atoms with Crippen LogP contribution in [0.1, 0.15) is 17.2 Å². The molecule has 2 aromatic rings. The molecule has 2 aromatic carbocycles. The van der Waals surface area contributed by atoms with Crippen molar-refractivity contribution in [2.45, 2.75) is 13.0 Å². The minimum absolute atomic E-state index is 0.223. The van der Waals surface area contributed by atoms with Crippen molar-refractivity contribution < 1.29 is 13.5 Å². The second kappa shape index (κ2) is 6.48. The van der Waals surface area contributed by atoms with Gasteiger partial charge in [-0.1, -0.05) is 24.3 Å². The first-order valence-electron chi connectivity index (χ1n) is 6.42. The Morgan fingerprint density at radius 1 is 1.15 bits per heavy atom. The van der Waals surface area contributed by atoms with Gasteiger partial charge in [0.2, 0.25) is 0 Å². The van der Waals surface area contributed by atoms with Gasteiger partial charge in [-0.05, 0) is 37.7 Å². The molecule has 0 aliphatic heterocycles. The van der Waals surface area contributed by atoms with Gasteiger partial charge in [0.25, 0.3) is 0 Å². The van der Waals surface area contributed by atoms with Crippen LogP contribution in [-0.4, -0.2) is 13.7 Å². The monoisotopic (exact) mass is 277 g/mol. The van der Waals surface area contributed by atoms with E-state index in [1.807, 2.05) is 31.2 Å². The average Bonchev–Trinajstić information content (AvgIpc) is 2.44. The highest BCUT2D eigenvalue weighted by atomic mass is 19.2. The van der Waals surface area contributed by atoms with Gasteiger partial charge in [-0.3, -0.25) is 0 Å². The number of benzene rings is 2. The molecule has 0 aliphatic carbocycles. The van der Waals surface area contributed by atoms with Crippen LogP contribution >= 0.6 is 0 Å². The normalized spacial score (nSPS) is 12.2. The van der Waals surface area contributed by atoms with Crippen LogP contribution in [0.15, 0.2) is 42.5 Å². The Kier molecular flexibility index (Phi) is 4.69. The minimum atomic E-state index is -0.849. The topological polar surface area (TPSA) is 21.3 Å². The zero-order valence-corrected chi connectivity index (χ0v) is 11.5. The maximum absolute atomic E-state index is 13.8. The summed E-state index contributed by atoms with van der Waals surface area (Å²) in [5.74, 6) is -0.972. The number of likely N-dealkylation sites (N-methyl/N-ethyl adjacent to an activating group) is 1. The molecule has 1 N–H and O–H groups in total. The third kappa shape index (κ3) is 3.33. The van der Waals surface area contributed by atoms with Crippen LogP contribution in [0.5, 0.6) is 5.75 Å². The lowest BCUT2D eigenvalue weighted by Crippen LogP contribution is -2.24. The molecular formula is C16H17F2NO. The largest absolute Gasteiger partial charge is 0.492 e. The van der Waals surface area contributed by atoms with Crippen molar-refractivity contribution >= 4 is 0 Å². The molecule has 106 valence electrons. The van der Waals surface area contributed by atoms with Gasteiger partial charge in [0.05, 0.1) is 6.04 Å². The van der Waals surface area contributed by atoms with Crippen molar-refractivity contribution in [1.82, 2.24) is 5.32 Å². The molecular weight excluding hydrogens is 260 g/mol. The van der Waals surface area contributed by atoms with E-state index < -0.39 is 17.7 Å².